The number of para-hydroxylation sites is 2. The standard InChI is InChI=1S/C17H13N5O/c1-10(23)11-6-8-12(9-7-11)18-17-21-15-16(22-17)20-14-5-3-2-4-13(14)19-15/h2-9H,1H3,(H2,18,19,20,21,22). The average Bonchev–Trinajstić information content (AvgIpc) is 2.94. The van der Waals surface area contributed by atoms with E-state index < -0.39 is 0 Å². The number of imidazole rings is 1. The van der Waals surface area contributed by atoms with Crippen molar-refractivity contribution in [2.24, 2.45) is 0 Å². The molecule has 4 rings (SSSR count). The summed E-state index contributed by atoms with van der Waals surface area (Å²) in [5, 5.41) is 3.16. The van der Waals surface area contributed by atoms with Crippen LogP contribution in [0.4, 0.5) is 11.6 Å². The summed E-state index contributed by atoms with van der Waals surface area (Å²) < 4.78 is 0. The lowest BCUT2D eigenvalue weighted by atomic mass is 10.1. The molecule has 0 atom stereocenters. The highest BCUT2D eigenvalue weighted by molar-refractivity contribution is 5.94. The highest BCUT2D eigenvalue weighted by atomic mass is 16.1. The molecule has 0 unspecified atom stereocenters. The molecule has 0 bridgehead atoms. The molecule has 0 aliphatic rings. The number of carbonyl (C=O) groups is 1. The molecular formula is C17H13N5O. The number of rotatable bonds is 3. The highest BCUT2D eigenvalue weighted by Crippen LogP contribution is 2.19. The molecule has 0 aliphatic heterocycles. The van der Waals surface area contributed by atoms with Crippen LogP contribution < -0.4 is 5.32 Å². The number of aromatic amines is 1. The van der Waals surface area contributed by atoms with Gasteiger partial charge in [-0.25, -0.2) is 9.97 Å². The maximum absolute atomic E-state index is 11.3. The Morgan fingerprint density at radius 2 is 1.65 bits per heavy atom. The number of hydrogen-bond acceptors (Lipinski definition) is 5. The van der Waals surface area contributed by atoms with E-state index in [9.17, 15) is 4.79 Å². The Morgan fingerprint density at radius 1 is 0.957 bits per heavy atom. The van der Waals surface area contributed by atoms with Crippen molar-refractivity contribution in [2.75, 3.05) is 5.32 Å². The molecule has 6 nitrogen and oxygen atoms in total. The zero-order valence-corrected chi connectivity index (χ0v) is 12.4. The van der Waals surface area contributed by atoms with Crippen molar-refractivity contribution in [1.82, 2.24) is 19.9 Å². The number of ketones is 1. The first-order valence-electron chi connectivity index (χ1n) is 7.19. The van der Waals surface area contributed by atoms with E-state index in [1.54, 1.807) is 19.1 Å². The van der Waals surface area contributed by atoms with Gasteiger partial charge in [-0.2, -0.15) is 4.98 Å². The molecule has 2 N–H and O–H groups in total. The minimum atomic E-state index is 0.0420. The van der Waals surface area contributed by atoms with Gasteiger partial charge in [0.1, 0.15) is 0 Å². The van der Waals surface area contributed by atoms with Crippen LogP contribution in [0.3, 0.4) is 0 Å². The predicted octanol–water partition coefficient (Wildman–Crippen LogP) is 3.45. The van der Waals surface area contributed by atoms with Gasteiger partial charge in [-0.05, 0) is 43.3 Å². The van der Waals surface area contributed by atoms with Gasteiger partial charge in [0.05, 0.1) is 11.0 Å². The summed E-state index contributed by atoms with van der Waals surface area (Å²) in [6.45, 7) is 1.55. The lowest BCUT2D eigenvalue weighted by Crippen LogP contribution is -1.95. The number of Topliss-reactive ketones (excluding diaryl/α,β-unsaturated/α-hetero) is 1. The normalized spacial score (nSPS) is 11.0. The van der Waals surface area contributed by atoms with E-state index in [-0.39, 0.29) is 5.78 Å². The lowest BCUT2D eigenvalue weighted by Gasteiger charge is -2.02. The lowest BCUT2D eigenvalue weighted by molar-refractivity contribution is 0.101. The Morgan fingerprint density at radius 3 is 2.35 bits per heavy atom. The fraction of sp³-hybridized carbons (Fsp3) is 0.0588. The van der Waals surface area contributed by atoms with Crippen molar-refractivity contribution in [2.45, 2.75) is 6.92 Å². The van der Waals surface area contributed by atoms with E-state index in [4.69, 9.17) is 0 Å². The SMILES string of the molecule is CC(=O)c1ccc(Nc2nc3nc4ccccc4nc3[nH]2)cc1. The minimum absolute atomic E-state index is 0.0420. The fourth-order valence-corrected chi connectivity index (χ4v) is 2.38. The van der Waals surface area contributed by atoms with Crippen LogP contribution >= 0.6 is 0 Å². The van der Waals surface area contributed by atoms with Crippen molar-refractivity contribution < 1.29 is 4.79 Å². The van der Waals surface area contributed by atoms with Crippen LogP contribution in [-0.2, 0) is 0 Å². The molecule has 2 heterocycles. The zero-order valence-electron chi connectivity index (χ0n) is 12.4. The number of nitrogens with one attached hydrogen (secondary N) is 2. The summed E-state index contributed by atoms with van der Waals surface area (Å²) in [6, 6.07) is 14.9. The molecule has 2 aromatic carbocycles. The third-order valence-corrected chi connectivity index (χ3v) is 3.56. The van der Waals surface area contributed by atoms with E-state index in [1.165, 1.54) is 0 Å². The number of aromatic nitrogens is 4. The van der Waals surface area contributed by atoms with Gasteiger partial charge in [0.2, 0.25) is 5.95 Å². The van der Waals surface area contributed by atoms with Crippen molar-refractivity contribution in [3.8, 4) is 0 Å². The van der Waals surface area contributed by atoms with Crippen molar-refractivity contribution in [1.29, 1.82) is 0 Å². The summed E-state index contributed by atoms with van der Waals surface area (Å²) in [4.78, 5) is 27.8. The molecule has 0 amide bonds. The average molecular weight is 303 g/mol. The van der Waals surface area contributed by atoms with Crippen LogP contribution in [0, 0.1) is 0 Å². The molecule has 2 aromatic heterocycles. The van der Waals surface area contributed by atoms with Gasteiger partial charge in [-0.1, -0.05) is 12.1 Å². The minimum Gasteiger partial charge on any atom is -0.326 e. The van der Waals surface area contributed by atoms with Crippen LogP contribution in [0.15, 0.2) is 48.5 Å². The Hall–Kier alpha value is -3.28. The third kappa shape index (κ3) is 2.50. The topological polar surface area (TPSA) is 83.6 Å². The molecule has 112 valence electrons. The summed E-state index contributed by atoms with van der Waals surface area (Å²) in [5.74, 6) is 0.603. The number of anilines is 2. The first-order chi connectivity index (χ1) is 11.2. The number of benzene rings is 2. The number of hydrogen-bond donors (Lipinski definition) is 2. The maximum Gasteiger partial charge on any atom is 0.208 e. The van der Waals surface area contributed by atoms with Gasteiger partial charge in [-0.3, -0.25) is 4.79 Å². The second-order valence-electron chi connectivity index (χ2n) is 5.23. The smallest absolute Gasteiger partial charge is 0.208 e. The quantitative estimate of drug-likeness (QED) is 0.566. The molecule has 0 aliphatic carbocycles. The predicted molar refractivity (Wildman–Crippen MR) is 88.9 cm³/mol. The van der Waals surface area contributed by atoms with Gasteiger partial charge in [0.15, 0.2) is 17.1 Å². The van der Waals surface area contributed by atoms with Crippen LogP contribution in [0.1, 0.15) is 17.3 Å². The second-order valence-corrected chi connectivity index (χ2v) is 5.23. The summed E-state index contributed by atoms with van der Waals surface area (Å²) in [6.07, 6.45) is 0. The maximum atomic E-state index is 11.3. The molecular weight excluding hydrogens is 290 g/mol. The Labute approximate surface area is 131 Å². The van der Waals surface area contributed by atoms with Gasteiger partial charge < -0.3 is 10.3 Å². The Balaban J connectivity index is 1.68. The van der Waals surface area contributed by atoms with Crippen LogP contribution in [0.5, 0.6) is 0 Å². The molecule has 0 spiro atoms. The summed E-state index contributed by atoms with van der Waals surface area (Å²) in [5.41, 5.74) is 4.33. The largest absolute Gasteiger partial charge is 0.326 e. The molecule has 23 heavy (non-hydrogen) atoms. The van der Waals surface area contributed by atoms with Crippen molar-refractivity contribution in [3.05, 3.63) is 54.1 Å². The summed E-state index contributed by atoms with van der Waals surface area (Å²) in [7, 11) is 0. The molecule has 0 fully saturated rings. The first kappa shape index (κ1) is 13.4. The van der Waals surface area contributed by atoms with Crippen molar-refractivity contribution in [3.63, 3.8) is 0 Å². The van der Waals surface area contributed by atoms with Gasteiger partial charge >= 0.3 is 0 Å². The van der Waals surface area contributed by atoms with Crippen LogP contribution in [0.2, 0.25) is 0 Å². The second kappa shape index (κ2) is 5.17. The summed E-state index contributed by atoms with van der Waals surface area (Å²) >= 11 is 0. The Bertz CT molecular complexity index is 968. The molecule has 4 aromatic rings. The van der Waals surface area contributed by atoms with Crippen LogP contribution in [0.25, 0.3) is 22.3 Å². The number of carbonyl (C=O) groups excluding carboxylic acids is 1. The first-order valence-corrected chi connectivity index (χ1v) is 7.19. The number of nitrogens with zero attached hydrogens (tertiary/aromatic N) is 3. The van der Waals surface area contributed by atoms with E-state index in [0.717, 1.165) is 16.7 Å². The molecule has 0 saturated carbocycles. The van der Waals surface area contributed by atoms with E-state index in [0.29, 0.717) is 22.8 Å². The highest BCUT2D eigenvalue weighted by Gasteiger charge is 2.08. The Kier molecular flexibility index (Phi) is 3.01. The molecule has 6 heteroatoms. The number of fused-ring (bicyclic) bond motifs is 2. The molecule has 0 saturated heterocycles. The van der Waals surface area contributed by atoms with Gasteiger partial charge in [-0.15, -0.1) is 0 Å². The number of H-pyrrole nitrogens is 1. The van der Waals surface area contributed by atoms with E-state index in [1.807, 2.05) is 36.4 Å². The zero-order chi connectivity index (χ0) is 15.8. The van der Waals surface area contributed by atoms with Gasteiger partial charge in [0, 0.05) is 11.3 Å². The van der Waals surface area contributed by atoms with E-state index >= 15 is 0 Å². The third-order valence-electron chi connectivity index (χ3n) is 3.56. The van der Waals surface area contributed by atoms with Crippen LogP contribution in [-0.4, -0.2) is 25.7 Å². The fourth-order valence-electron chi connectivity index (χ4n) is 2.38. The molecule has 0 radical (unpaired) electrons. The van der Waals surface area contributed by atoms with Crippen molar-refractivity contribution >= 4 is 39.7 Å². The van der Waals surface area contributed by atoms with Gasteiger partial charge in [0.25, 0.3) is 0 Å². The monoisotopic (exact) mass is 303 g/mol. The van der Waals surface area contributed by atoms with E-state index in [2.05, 4.69) is 25.3 Å².